The number of esters is 1. The Morgan fingerprint density at radius 3 is 2.67 bits per heavy atom. The number of carbonyl (C=O) groups excluding carboxylic acids is 1. The third kappa shape index (κ3) is 3.68. The molecule has 0 radical (unpaired) electrons. The van der Waals surface area contributed by atoms with Gasteiger partial charge in [0.15, 0.2) is 0 Å². The highest BCUT2D eigenvalue weighted by Gasteiger charge is 2.33. The summed E-state index contributed by atoms with van der Waals surface area (Å²) in [5.41, 5.74) is 0.193. The number of hydrogen-bond acceptors (Lipinski definition) is 4. The SMILES string of the molecule is CCOC(=O)[C@H]1CSC[C@H](C(C)(C)C)N1. The van der Waals surface area contributed by atoms with Gasteiger partial charge < -0.3 is 4.74 Å². The maximum Gasteiger partial charge on any atom is 0.323 e. The third-order valence-electron chi connectivity index (χ3n) is 2.59. The van der Waals surface area contributed by atoms with Gasteiger partial charge in [0.05, 0.1) is 6.61 Å². The molecule has 1 aliphatic heterocycles. The summed E-state index contributed by atoms with van der Waals surface area (Å²) in [4.78, 5) is 11.6. The Labute approximate surface area is 96.3 Å². The van der Waals surface area contributed by atoms with Crippen molar-refractivity contribution in [1.82, 2.24) is 5.32 Å². The van der Waals surface area contributed by atoms with Gasteiger partial charge in [0, 0.05) is 17.5 Å². The van der Waals surface area contributed by atoms with Gasteiger partial charge in [-0.1, -0.05) is 20.8 Å². The predicted octanol–water partition coefficient (Wildman–Crippen LogP) is 1.67. The highest BCUT2D eigenvalue weighted by atomic mass is 32.2. The molecule has 3 nitrogen and oxygen atoms in total. The van der Waals surface area contributed by atoms with E-state index in [-0.39, 0.29) is 17.4 Å². The molecule has 0 bridgehead atoms. The molecule has 15 heavy (non-hydrogen) atoms. The molecule has 1 fully saturated rings. The van der Waals surface area contributed by atoms with Crippen LogP contribution in [-0.4, -0.2) is 36.2 Å². The van der Waals surface area contributed by atoms with Crippen LogP contribution in [-0.2, 0) is 9.53 Å². The van der Waals surface area contributed by atoms with E-state index >= 15 is 0 Å². The van der Waals surface area contributed by atoms with Gasteiger partial charge in [0.25, 0.3) is 0 Å². The summed E-state index contributed by atoms with van der Waals surface area (Å²) < 4.78 is 5.03. The first-order chi connectivity index (χ1) is 6.95. The first-order valence-electron chi connectivity index (χ1n) is 5.45. The van der Waals surface area contributed by atoms with Crippen molar-refractivity contribution in [2.45, 2.75) is 39.8 Å². The molecule has 1 saturated heterocycles. The summed E-state index contributed by atoms with van der Waals surface area (Å²) in [7, 11) is 0. The molecule has 0 aromatic rings. The molecule has 1 N–H and O–H groups in total. The minimum Gasteiger partial charge on any atom is -0.465 e. The van der Waals surface area contributed by atoms with E-state index in [0.29, 0.717) is 12.6 Å². The lowest BCUT2D eigenvalue weighted by Crippen LogP contribution is -2.55. The van der Waals surface area contributed by atoms with Gasteiger partial charge in [-0.05, 0) is 12.3 Å². The van der Waals surface area contributed by atoms with Gasteiger partial charge in [0.1, 0.15) is 6.04 Å². The Bertz CT molecular complexity index is 225. The predicted molar refractivity (Wildman–Crippen MR) is 64.1 cm³/mol. The van der Waals surface area contributed by atoms with Crippen molar-refractivity contribution in [1.29, 1.82) is 0 Å². The van der Waals surface area contributed by atoms with Gasteiger partial charge in [-0.3, -0.25) is 10.1 Å². The van der Waals surface area contributed by atoms with Crippen molar-refractivity contribution in [2.75, 3.05) is 18.1 Å². The summed E-state index contributed by atoms with van der Waals surface area (Å²) in [6.45, 7) is 8.88. The van der Waals surface area contributed by atoms with Crippen LogP contribution in [0.1, 0.15) is 27.7 Å². The molecular formula is C11H21NO2S. The zero-order valence-corrected chi connectivity index (χ0v) is 10.8. The van der Waals surface area contributed by atoms with Crippen molar-refractivity contribution >= 4 is 17.7 Å². The first kappa shape index (κ1) is 12.8. The Balaban J connectivity index is 2.52. The average molecular weight is 231 g/mol. The maximum atomic E-state index is 11.6. The van der Waals surface area contributed by atoms with Gasteiger partial charge in [-0.2, -0.15) is 11.8 Å². The van der Waals surface area contributed by atoms with E-state index in [2.05, 4.69) is 26.1 Å². The molecule has 0 aliphatic carbocycles. The third-order valence-corrected chi connectivity index (χ3v) is 3.73. The van der Waals surface area contributed by atoms with Crippen molar-refractivity contribution < 1.29 is 9.53 Å². The Morgan fingerprint density at radius 1 is 1.47 bits per heavy atom. The summed E-state index contributed by atoms with van der Waals surface area (Å²) in [5, 5.41) is 3.38. The molecule has 88 valence electrons. The van der Waals surface area contributed by atoms with Crippen LogP contribution >= 0.6 is 11.8 Å². The van der Waals surface area contributed by atoms with Crippen molar-refractivity contribution in [2.24, 2.45) is 5.41 Å². The number of nitrogens with one attached hydrogen (secondary N) is 1. The van der Waals surface area contributed by atoms with Crippen molar-refractivity contribution in [3.8, 4) is 0 Å². The fraction of sp³-hybridized carbons (Fsp3) is 0.909. The van der Waals surface area contributed by atoms with Crippen molar-refractivity contribution in [3.05, 3.63) is 0 Å². The van der Waals surface area contributed by atoms with Crippen molar-refractivity contribution in [3.63, 3.8) is 0 Å². The van der Waals surface area contributed by atoms with Gasteiger partial charge in [-0.25, -0.2) is 0 Å². The number of ether oxygens (including phenoxy) is 1. The van der Waals surface area contributed by atoms with E-state index in [4.69, 9.17) is 4.74 Å². The topological polar surface area (TPSA) is 38.3 Å². The lowest BCUT2D eigenvalue weighted by molar-refractivity contribution is -0.145. The molecule has 4 heteroatoms. The second-order valence-electron chi connectivity index (χ2n) is 4.93. The zero-order valence-electron chi connectivity index (χ0n) is 10.0. The van der Waals surface area contributed by atoms with E-state index in [1.54, 1.807) is 0 Å². The second-order valence-corrected chi connectivity index (χ2v) is 6.00. The molecule has 0 spiro atoms. The average Bonchev–Trinajstić information content (AvgIpc) is 2.17. The van der Waals surface area contributed by atoms with E-state index < -0.39 is 0 Å². The fourth-order valence-corrected chi connectivity index (χ4v) is 2.96. The molecule has 0 amide bonds. The van der Waals surface area contributed by atoms with Gasteiger partial charge in [-0.15, -0.1) is 0 Å². The van der Waals surface area contributed by atoms with Gasteiger partial charge >= 0.3 is 5.97 Å². The summed E-state index contributed by atoms with van der Waals surface area (Å²) in [5.74, 6) is 1.78. The lowest BCUT2D eigenvalue weighted by Gasteiger charge is -2.37. The van der Waals surface area contributed by atoms with E-state index in [1.807, 2.05) is 18.7 Å². The molecule has 1 rings (SSSR count). The van der Waals surface area contributed by atoms with Crippen LogP contribution in [0, 0.1) is 5.41 Å². The monoisotopic (exact) mass is 231 g/mol. The minimum absolute atomic E-state index is 0.112. The van der Waals surface area contributed by atoms with Crippen LogP contribution in [0.25, 0.3) is 0 Å². The van der Waals surface area contributed by atoms with Crippen LogP contribution in [0.2, 0.25) is 0 Å². The molecule has 1 heterocycles. The molecular weight excluding hydrogens is 210 g/mol. The Kier molecular flexibility index (Phi) is 4.46. The molecule has 0 unspecified atom stereocenters. The van der Waals surface area contributed by atoms with Crippen LogP contribution in [0.15, 0.2) is 0 Å². The fourth-order valence-electron chi connectivity index (χ4n) is 1.52. The number of thioether (sulfide) groups is 1. The number of carbonyl (C=O) groups is 1. The molecule has 0 saturated carbocycles. The zero-order chi connectivity index (χ0) is 11.5. The van der Waals surface area contributed by atoms with E-state index in [1.165, 1.54) is 0 Å². The number of hydrogen-bond donors (Lipinski definition) is 1. The lowest BCUT2D eigenvalue weighted by atomic mass is 9.87. The van der Waals surface area contributed by atoms with Crippen LogP contribution in [0.5, 0.6) is 0 Å². The number of rotatable bonds is 2. The molecule has 1 aliphatic rings. The summed E-state index contributed by atoms with van der Waals surface area (Å²) >= 11 is 1.83. The smallest absolute Gasteiger partial charge is 0.323 e. The second kappa shape index (κ2) is 5.21. The van der Waals surface area contributed by atoms with Crippen LogP contribution in [0.4, 0.5) is 0 Å². The molecule has 0 aromatic heterocycles. The standard InChI is InChI=1S/C11H21NO2S/c1-5-14-10(13)8-6-15-7-9(12-8)11(2,3)4/h8-9,12H,5-7H2,1-4H3/t8-,9-/m1/s1. The first-order valence-corrected chi connectivity index (χ1v) is 6.61. The Hall–Kier alpha value is -0.220. The summed E-state index contributed by atoms with van der Waals surface area (Å²) in [6.07, 6.45) is 0. The normalized spacial score (nSPS) is 27.5. The highest BCUT2D eigenvalue weighted by Crippen LogP contribution is 2.26. The molecule has 0 aromatic carbocycles. The highest BCUT2D eigenvalue weighted by molar-refractivity contribution is 7.99. The largest absolute Gasteiger partial charge is 0.465 e. The quantitative estimate of drug-likeness (QED) is 0.734. The van der Waals surface area contributed by atoms with Gasteiger partial charge in [0.2, 0.25) is 0 Å². The Morgan fingerprint density at radius 2 is 2.13 bits per heavy atom. The summed E-state index contributed by atoms with van der Waals surface area (Å²) in [6, 6.07) is 0.249. The minimum atomic E-state index is -0.132. The van der Waals surface area contributed by atoms with E-state index in [0.717, 1.165) is 11.5 Å². The maximum absolute atomic E-state index is 11.6. The van der Waals surface area contributed by atoms with Crippen LogP contribution < -0.4 is 5.32 Å². The van der Waals surface area contributed by atoms with E-state index in [9.17, 15) is 4.79 Å². The molecule has 2 atom stereocenters. The van der Waals surface area contributed by atoms with Crippen LogP contribution in [0.3, 0.4) is 0 Å².